The van der Waals surface area contributed by atoms with Gasteiger partial charge < -0.3 is 14.8 Å². The van der Waals surface area contributed by atoms with E-state index in [0.717, 1.165) is 24.3 Å². The number of para-hydroxylation sites is 1. The minimum absolute atomic E-state index is 0.157. The molecule has 0 saturated carbocycles. The normalized spacial score (nSPS) is 15.4. The van der Waals surface area contributed by atoms with E-state index in [2.05, 4.69) is 22.5 Å². The predicted octanol–water partition coefficient (Wildman–Crippen LogP) is 4.40. The summed E-state index contributed by atoms with van der Waals surface area (Å²) in [6.45, 7) is 4.48. The summed E-state index contributed by atoms with van der Waals surface area (Å²) in [6, 6.07) is 15.6. The Kier molecular flexibility index (Phi) is 6.59. The van der Waals surface area contributed by atoms with E-state index in [1.165, 1.54) is 5.56 Å². The van der Waals surface area contributed by atoms with Crippen LogP contribution in [0.4, 0.5) is 0 Å². The predicted molar refractivity (Wildman–Crippen MR) is 120 cm³/mol. The van der Waals surface area contributed by atoms with Gasteiger partial charge in [0.05, 0.1) is 29.1 Å². The Labute approximate surface area is 187 Å². The molecule has 1 aliphatic heterocycles. The van der Waals surface area contributed by atoms with Crippen molar-refractivity contribution in [3.63, 3.8) is 0 Å². The summed E-state index contributed by atoms with van der Waals surface area (Å²) in [5, 5.41) is 8.00. The third-order valence-corrected chi connectivity index (χ3v) is 6.08. The van der Waals surface area contributed by atoms with Crippen molar-refractivity contribution in [3.8, 4) is 11.4 Å². The number of aromatic nitrogens is 2. The highest BCUT2D eigenvalue weighted by atomic mass is 35.5. The average molecular weight is 440 g/mol. The Balaban J connectivity index is 1.49. The first-order valence-corrected chi connectivity index (χ1v) is 10.9. The molecule has 0 unspecified atom stereocenters. The molecule has 1 N–H and O–H groups in total. The molecule has 4 rings (SSSR count). The molecule has 3 aromatic rings. The molecule has 0 radical (unpaired) electrons. The van der Waals surface area contributed by atoms with E-state index in [1.807, 2.05) is 37.3 Å². The maximum atomic E-state index is 12.9. The third kappa shape index (κ3) is 4.75. The third-order valence-electron chi connectivity index (χ3n) is 5.76. The zero-order valence-corrected chi connectivity index (χ0v) is 18.3. The number of benzene rings is 2. The lowest BCUT2D eigenvalue weighted by molar-refractivity contribution is 0.0487. The van der Waals surface area contributed by atoms with Crippen LogP contribution in [0.15, 0.2) is 60.9 Å². The molecule has 0 aliphatic carbocycles. The molecular formula is C24H26ClN3O3. The molecule has 1 aliphatic rings. The topological polar surface area (TPSA) is 65.4 Å². The second kappa shape index (κ2) is 9.54. The van der Waals surface area contributed by atoms with Gasteiger partial charge in [-0.25, -0.2) is 4.68 Å². The molecule has 6 nitrogen and oxygen atoms in total. The summed E-state index contributed by atoms with van der Waals surface area (Å²) in [4.78, 5) is 12.9. The van der Waals surface area contributed by atoms with Gasteiger partial charge in [0.25, 0.3) is 5.91 Å². The van der Waals surface area contributed by atoms with Crippen LogP contribution in [-0.2, 0) is 10.2 Å². The second-order valence-electron chi connectivity index (χ2n) is 7.66. The molecule has 1 amide bonds. The number of carbonyl (C=O) groups excluding carboxylic acids is 1. The molecule has 1 aromatic heterocycles. The summed E-state index contributed by atoms with van der Waals surface area (Å²) in [6.07, 6.45) is 4.95. The second-order valence-corrected chi connectivity index (χ2v) is 8.06. The molecule has 0 bridgehead atoms. The largest absolute Gasteiger partial charge is 0.494 e. The van der Waals surface area contributed by atoms with Crippen molar-refractivity contribution in [3.05, 3.63) is 77.1 Å². The Bertz CT molecular complexity index is 1030. The fraction of sp³-hybridized carbons (Fsp3) is 0.333. The van der Waals surface area contributed by atoms with Crippen molar-refractivity contribution in [2.45, 2.75) is 25.2 Å². The van der Waals surface area contributed by atoms with Crippen molar-refractivity contribution in [2.24, 2.45) is 0 Å². The Morgan fingerprint density at radius 1 is 1.19 bits per heavy atom. The minimum atomic E-state index is -0.169. The molecule has 1 saturated heterocycles. The van der Waals surface area contributed by atoms with Gasteiger partial charge in [-0.2, -0.15) is 5.10 Å². The smallest absolute Gasteiger partial charge is 0.254 e. The maximum Gasteiger partial charge on any atom is 0.254 e. The van der Waals surface area contributed by atoms with E-state index < -0.39 is 0 Å². The molecule has 2 heterocycles. The van der Waals surface area contributed by atoms with Gasteiger partial charge >= 0.3 is 0 Å². The molecule has 0 atom stereocenters. The van der Waals surface area contributed by atoms with Gasteiger partial charge in [-0.1, -0.05) is 35.9 Å². The molecule has 162 valence electrons. The number of nitrogens with zero attached hydrogens (tertiary/aromatic N) is 2. The summed E-state index contributed by atoms with van der Waals surface area (Å²) in [5.41, 5.74) is 2.25. The van der Waals surface area contributed by atoms with Gasteiger partial charge in [-0.05, 0) is 49.6 Å². The Hall–Kier alpha value is -2.83. The number of carbonyl (C=O) groups is 1. The van der Waals surface area contributed by atoms with Crippen molar-refractivity contribution >= 4 is 17.5 Å². The van der Waals surface area contributed by atoms with Crippen molar-refractivity contribution in [1.29, 1.82) is 0 Å². The number of ether oxygens (including phenoxy) is 2. The number of nitrogens with one attached hydrogen (secondary N) is 1. The number of hydrogen-bond acceptors (Lipinski definition) is 4. The minimum Gasteiger partial charge on any atom is -0.494 e. The molecular weight excluding hydrogens is 414 g/mol. The highest BCUT2D eigenvalue weighted by Crippen LogP contribution is 2.35. The Morgan fingerprint density at radius 2 is 1.94 bits per heavy atom. The van der Waals surface area contributed by atoms with Gasteiger partial charge in [-0.15, -0.1) is 0 Å². The summed E-state index contributed by atoms with van der Waals surface area (Å²) >= 11 is 6.25. The lowest BCUT2D eigenvalue weighted by Gasteiger charge is -2.38. The van der Waals surface area contributed by atoms with Crippen LogP contribution in [0, 0.1) is 0 Å². The van der Waals surface area contributed by atoms with Gasteiger partial charge in [0, 0.05) is 31.4 Å². The Morgan fingerprint density at radius 3 is 2.65 bits per heavy atom. The van der Waals surface area contributed by atoms with E-state index in [1.54, 1.807) is 23.1 Å². The van der Waals surface area contributed by atoms with Gasteiger partial charge in [-0.3, -0.25) is 4.79 Å². The fourth-order valence-electron chi connectivity index (χ4n) is 3.96. The van der Waals surface area contributed by atoms with Gasteiger partial charge in [0.1, 0.15) is 5.75 Å². The number of amides is 1. The SMILES string of the molecule is CCOc1ccc(C2(CNC(=O)c3cnn(-c4ccccc4Cl)c3)CCOCC2)cc1. The zero-order chi connectivity index (χ0) is 21.7. The zero-order valence-electron chi connectivity index (χ0n) is 17.5. The molecule has 1 fully saturated rings. The molecule has 2 aromatic carbocycles. The van der Waals surface area contributed by atoms with E-state index in [9.17, 15) is 4.79 Å². The molecule has 31 heavy (non-hydrogen) atoms. The quantitative estimate of drug-likeness (QED) is 0.592. The first-order valence-electron chi connectivity index (χ1n) is 10.5. The summed E-state index contributed by atoms with van der Waals surface area (Å²) in [7, 11) is 0. The lowest BCUT2D eigenvalue weighted by atomic mass is 9.74. The highest BCUT2D eigenvalue weighted by Gasteiger charge is 2.35. The standard InChI is InChI=1S/C24H26ClN3O3/c1-2-31-20-9-7-19(8-10-20)24(11-13-30-14-12-24)17-26-23(29)18-15-27-28(16-18)22-6-4-3-5-21(22)25/h3-10,15-16H,2,11-14,17H2,1H3,(H,26,29). The molecule has 7 heteroatoms. The van der Waals surface area contributed by atoms with Crippen LogP contribution in [-0.4, -0.2) is 42.1 Å². The first-order chi connectivity index (χ1) is 15.1. The number of hydrogen-bond donors (Lipinski definition) is 1. The summed E-state index contributed by atoms with van der Waals surface area (Å²) < 4.78 is 12.8. The lowest BCUT2D eigenvalue weighted by Crippen LogP contribution is -2.44. The van der Waals surface area contributed by atoms with Crippen molar-refractivity contribution in [2.75, 3.05) is 26.4 Å². The van der Waals surface area contributed by atoms with Crippen molar-refractivity contribution < 1.29 is 14.3 Å². The fourth-order valence-corrected chi connectivity index (χ4v) is 4.18. The van der Waals surface area contributed by atoms with Crippen LogP contribution in [0.1, 0.15) is 35.7 Å². The van der Waals surface area contributed by atoms with Crippen molar-refractivity contribution in [1.82, 2.24) is 15.1 Å². The highest BCUT2D eigenvalue weighted by molar-refractivity contribution is 6.32. The average Bonchev–Trinajstić information content (AvgIpc) is 3.29. The van der Waals surface area contributed by atoms with Gasteiger partial charge in [0.15, 0.2) is 0 Å². The van der Waals surface area contributed by atoms with Crippen LogP contribution < -0.4 is 10.1 Å². The van der Waals surface area contributed by atoms with Gasteiger partial charge in [0.2, 0.25) is 0 Å². The van der Waals surface area contributed by atoms with Crippen LogP contribution >= 0.6 is 11.6 Å². The van der Waals surface area contributed by atoms with Crippen LogP contribution in [0.3, 0.4) is 0 Å². The van der Waals surface area contributed by atoms with Crippen LogP contribution in [0.5, 0.6) is 5.75 Å². The number of rotatable bonds is 7. The van der Waals surface area contributed by atoms with Crippen LogP contribution in [0.25, 0.3) is 5.69 Å². The van der Waals surface area contributed by atoms with E-state index in [-0.39, 0.29) is 11.3 Å². The van der Waals surface area contributed by atoms with E-state index in [0.29, 0.717) is 37.0 Å². The number of halogens is 1. The molecule has 0 spiro atoms. The van der Waals surface area contributed by atoms with E-state index in [4.69, 9.17) is 21.1 Å². The first kappa shape index (κ1) is 21.4. The van der Waals surface area contributed by atoms with E-state index >= 15 is 0 Å². The summed E-state index contributed by atoms with van der Waals surface area (Å²) in [5.74, 6) is 0.694. The monoisotopic (exact) mass is 439 g/mol. The maximum absolute atomic E-state index is 12.9. The van der Waals surface area contributed by atoms with Crippen LogP contribution in [0.2, 0.25) is 5.02 Å².